The summed E-state index contributed by atoms with van der Waals surface area (Å²) in [5.41, 5.74) is 0. The highest BCUT2D eigenvalue weighted by Crippen LogP contribution is 2.16. The molecule has 12 heavy (non-hydrogen) atoms. The SMILES string of the molecule is O=C1CCCCN1C[B-](F)(F)F. The van der Waals surface area contributed by atoms with Crippen LogP contribution in [0.15, 0.2) is 0 Å². The molecule has 70 valence electrons. The van der Waals surface area contributed by atoms with Crippen LogP contribution < -0.4 is 0 Å². The Balaban J connectivity index is 2.45. The number of hydrogen-bond acceptors (Lipinski definition) is 1. The lowest BCUT2D eigenvalue weighted by Gasteiger charge is -2.31. The molecule has 1 amide bonds. The van der Waals surface area contributed by atoms with Gasteiger partial charge in [0.2, 0.25) is 5.91 Å². The van der Waals surface area contributed by atoms with Crippen LogP contribution in [0.2, 0.25) is 0 Å². The van der Waals surface area contributed by atoms with Gasteiger partial charge < -0.3 is 17.8 Å². The first kappa shape index (κ1) is 9.41. The zero-order valence-corrected chi connectivity index (χ0v) is 6.60. The normalized spacial score (nSPS) is 19.9. The van der Waals surface area contributed by atoms with Gasteiger partial charge in [-0.25, -0.2) is 0 Å². The van der Waals surface area contributed by atoms with Crippen LogP contribution in [0, 0.1) is 0 Å². The molecule has 0 radical (unpaired) electrons. The fraction of sp³-hybridized carbons (Fsp3) is 0.833. The topological polar surface area (TPSA) is 20.3 Å². The van der Waals surface area contributed by atoms with Crippen LogP contribution in [0.1, 0.15) is 19.3 Å². The van der Waals surface area contributed by atoms with Crippen LogP contribution in [0.5, 0.6) is 0 Å². The lowest BCUT2D eigenvalue weighted by atomic mass is 9.90. The molecule has 1 aliphatic heterocycles. The summed E-state index contributed by atoms with van der Waals surface area (Å²) in [6.45, 7) is -4.59. The first-order valence-corrected chi connectivity index (χ1v) is 3.98. The molecule has 1 aliphatic rings. The average molecular weight is 180 g/mol. The van der Waals surface area contributed by atoms with E-state index in [2.05, 4.69) is 0 Å². The standard InChI is InChI=1S/C6H10BF3NO/c8-7(9,10)5-11-4-2-1-3-6(11)12/h1-5H2/q-1. The van der Waals surface area contributed by atoms with E-state index in [1.165, 1.54) is 0 Å². The summed E-state index contributed by atoms with van der Waals surface area (Å²) in [4.78, 5) is 11.8. The number of hydrogen-bond donors (Lipinski definition) is 0. The van der Waals surface area contributed by atoms with E-state index < -0.39 is 13.4 Å². The van der Waals surface area contributed by atoms with Crippen molar-refractivity contribution < 1.29 is 17.7 Å². The molecule has 0 N–H and O–H groups in total. The molecule has 1 fully saturated rings. The predicted molar refractivity (Wildman–Crippen MR) is 39.5 cm³/mol. The smallest absolute Gasteiger partial charge is 0.448 e. The van der Waals surface area contributed by atoms with Gasteiger partial charge >= 0.3 is 6.98 Å². The second-order valence-corrected chi connectivity index (χ2v) is 3.01. The van der Waals surface area contributed by atoms with Gasteiger partial charge in [0.25, 0.3) is 0 Å². The summed E-state index contributed by atoms with van der Waals surface area (Å²) < 4.78 is 35.6. The van der Waals surface area contributed by atoms with Crippen LogP contribution in [0.25, 0.3) is 0 Å². The summed E-state index contributed by atoms with van der Waals surface area (Å²) >= 11 is 0. The molecule has 0 aromatic carbocycles. The third kappa shape index (κ3) is 2.75. The van der Waals surface area contributed by atoms with Crippen molar-refractivity contribution >= 4 is 12.9 Å². The van der Waals surface area contributed by atoms with Crippen molar-refractivity contribution in [2.24, 2.45) is 0 Å². The Hall–Kier alpha value is -0.675. The first-order valence-electron chi connectivity index (χ1n) is 3.98. The van der Waals surface area contributed by atoms with Gasteiger partial charge in [0.05, 0.1) is 0 Å². The van der Waals surface area contributed by atoms with Crippen LogP contribution in [-0.4, -0.2) is 30.8 Å². The maximum atomic E-state index is 11.9. The van der Waals surface area contributed by atoms with Crippen molar-refractivity contribution in [3.05, 3.63) is 0 Å². The highest BCUT2D eigenvalue weighted by atomic mass is 19.4. The third-order valence-corrected chi connectivity index (χ3v) is 1.85. The molecule has 1 rings (SSSR count). The fourth-order valence-electron chi connectivity index (χ4n) is 1.30. The molecule has 0 aliphatic carbocycles. The quantitative estimate of drug-likeness (QED) is 0.587. The Morgan fingerprint density at radius 1 is 1.33 bits per heavy atom. The lowest BCUT2D eigenvalue weighted by molar-refractivity contribution is -0.132. The van der Waals surface area contributed by atoms with Crippen LogP contribution in [0.4, 0.5) is 12.9 Å². The molecule has 6 heteroatoms. The lowest BCUT2D eigenvalue weighted by Crippen LogP contribution is -2.44. The molecule has 0 unspecified atom stereocenters. The summed E-state index contributed by atoms with van der Waals surface area (Å²) in [6, 6.07) is 0. The Kier molecular flexibility index (Phi) is 2.64. The van der Waals surface area contributed by atoms with E-state index in [0.717, 1.165) is 11.3 Å². The van der Waals surface area contributed by atoms with E-state index in [4.69, 9.17) is 0 Å². The fourth-order valence-corrected chi connectivity index (χ4v) is 1.30. The summed E-state index contributed by atoms with van der Waals surface area (Å²) in [7, 11) is 0. The number of piperidine rings is 1. The highest BCUT2D eigenvalue weighted by molar-refractivity contribution is 6.58. The van der Waals surface area contributed by atoms with Crippen molar-refractivity contribution in [2.75, 3.05) is 13.0 Å². The van der Waals surface area contributed by atoms with Gasteiger partial charge in [0, 0.05) is 13.0 Å². The van der Waals surface area contributed by atoms with E-state index >= 15 is 0 Å². The molecule has 0 aromatic rings. The molecule has 0 saturated carbocycles. The summed E-state index contributed by atoms with van der Waals surface area (Å²) in [5.74, 6) is -0.361. The molecule has 1 heterocycles. The molecular formula is C6H10BF3NO-. The Bertz CT molecular complexity index is 182. The van der Waals surface area contributed by atoms with E-state index in [-0.39, 0.29) is 18.9 Å². The number of nitrogens with zero attached hydrogens (tertiary/aromatic N) is 1. The second-order valence-electron chi connectivity index (χ2n) is 3.01. The minimum Gasteiger partial charge on any atom is -0.448 e. The van der Waals surface area contributed by atoms with Gasteiger partial charge in [-0.1, -0.05) is 0 Å². The monoisotopic (exact) mass is 180 g/mol. The zero-order chi connectivity index (χ0) is 9.19. The maximum Gasteiger partial charge on any atom is 0.497 e. The molecule has 0 spiro atoms. The van der Waals surface area contributed by atoms with E-state index in [1.54, 1.807) is 0 Å². The number of carbonyl (C=O) groups excluding carboxylic acids is 1. The number of amides is 1. The van der Waals surface area contributed by atoms with E-state index in [9.17, 15) is 17.7 Å². The zero-order valence-electron chi connectivity index (χ0n) is 6.60. The van der Waals surface area contributed by atoms with Gasteiger partial charge in [-0.3, -0.25) is 4.79 Å². The molecule has 0 bridgehead atoms. The van der Waals surface area contributed by atoms with Crippen molar-refractivity contribution in [2.45, 2.75) is 19.3 Å². The highest BCUT2D eigenvalue weighted by Gasteiger charge is 2.29. The Morgan fingerprint density at radius 2 is 2.00 bits per heavy atom. The van der Waals surface area contributed by atoms with Gasteiger partial charge in [-0.2, -0.15) is 0 Å². The number of rotatable bonds is 2. The number of likely N-dealkylation sites (tertiary alicyclic amines) is 1. The van der Waals surface area contributed by atoms with Crippen LogP contribution in [-0.2, 0) is 4.79 Å². The van der Waals surface area contributed by atoms with Crippen LogP contribution in [0.3, 0.4) is 0 Å². The Labute approximate surface area is 68.8 Å². The predicted octanol–water partition coefficient (Wildman–Crippen LogP) is 1.39. The third-order valence-electron chi connectivity index (χ3n) is 1.85. The van der Waals surface area contributed by atoms with E-state index in [1.807, 2.05) is 0 Å². The van der Waals surface area contributed by atoms with Crippen LogP contribution >= 0.6 is 0 Å². The van der Waals surface area contributed by atoms with Gasteiger partial charge in [-0.05, 0) is 19.3 Å². The van der Waals surface area contributed by atoms with Crippen molar-refractivity contribution in [3.8, 4) is 0 Å². The van der Waals surface area contributed by atoms with Crippen molar-refractivity contribution in [1.82, 2.24) is 4.90 Å². The molecule has 0 aromatic heterocycles. The maximum absolute atomic E-state index is 11.9. The number of halogens is 3. The van der Waals surface area contributed by atoms with E-state index in [0.29, 0.717) is 6.42 Å². The average Bonchev–Trinajstić information content (AvgIpc) is 1.91. The largest absolute Gasteiger partial charge is 0.497 e. The molecule has 2 nitrogen and oxygen atoms in total. The second kappa shape index (κ2) is 3.37. The van der Waals surface area contributed by atoms with Gasteiger partial charge in [0.1, 0.15) is 0 Å². The molecule has 0 atom stereocenters. The molecule has 1 saturated heterocycles. The summed E-state index contributed by atoms with van der Waals surface area (Å²) in [6.07, 6.45) is 0.656. The minimum absolute atomic E-state index is 0.264. The van der Waals surface area contributed by atoms with Gasteiger partial charge in [0.15, 0.2) is 0 Å². The van der Waals surface area contributed by atoms with Crippen molar-refractivity contribution in [1.29, 1.82) is 0 Å². The van der Waals surface area contributed by atoms with Crippen molar-refractivity contribution in [3.63, 3.8) is 0 Å². The first-order chi connectivity index (χ1) is 5.49. The Morgan fingerprint density at radius 3 is 2.50 bits per heavy atom. The van der Waals surface area contributed by atoms with Gasteiger partial charge in [-0.15, -0.1) is 0 Å². The molecular weight excluding hydrogens is 170 g/mol. The summed E-state index contributed by atoms with van der Waals surface area (Å²) in [5, 5.41) is 0. The minimum atomic E-state index is -4.85. The number of carbonyl (C=O) groups is 1.